The summed E-state index contributed by atoms with van der Waals surface area (Å²) in [5.74, 6) is -1.28. The molecule has 2 N–H and O–H groups in total. The minimum atomic E-state index is -0.734. The highest BCUT2D eigenvalue weighted by atomic mass is 127. The fourth-order valence-corrected chi connectivity index (χ4v) is 5.57. The van der Waals surface area contributed by atoms with Crippen LogP contribution in [-0.2, 0) is 16.2 Å². The van der Waals surface area contributed by atoms with Gasteiger partial charge in [0.1, 0.15) is 30.4 Å². The maximum Gasteiger partial charge on any atom is 0.329 e. The van der Waals surface area contributed by atoms with Gasteiger partial charge < -0.3 is 15.4 Å². The summed E-state index contributed by atoms with van der Waals surface area (Å²) in [6.07, 6.45) is 1.53. The highest BCUT2D eigenvalue weighted by Crippen LogP contribution is 2.31. The van der Waals surface area contributed by atoms with E-state index >= 15 is 0 Å². The predicted octanol–water partition coefficient (Wildman–Crippen LogP) is 5.80. The molecule has 3 aromatic carbocycles. The van der Waals surface area contributed by atoms with E-state index in [0.29, 0.717) is 22.9 Å². The molecule has 1 fully saturated rings. The Morgan fingerprint density at radius 2 is 1.75 bits per heavy atom. The van der Waals surface area contributed by atoms with Gasteiger partial charge in [-0.1, -0.05) is 35.9 Å². The van der Waals surface area contributed by atoms with E-state index in [-0.39, 0.29) is 11.4 Å². The molecule has 1 heterocycles. The molecule has 1 saturated heterocycles. The lowest BCUT2D eigenvalue weighted by Crippen LogP contribution is -2.38. The van der Waals surface area contributed by atoms with E-state index in [4.69, 9.17) is 16.3 Å². The zero-order valence-corrected chi connectivity index (χ0v) is 23.4. The summed E-state index contributed by atoms with van der Waals surface area (Å²) in [5, 5.41) is 5.50. The first-order chi connectivity index (χ1) is 17.2. The Hall–Kier alpha value is -2.71. The van der Waals surface area contributed by atoms with E-state index in [1.807, 2.05) is 24.3 Å². The van der Waals surface area contributed by atoms with Crippen molar-refractivity contribution in [2.24, 2.45) is 0 Å². The number of urea groups is 1. The molecule has 1 aliphatic heterocycles. The summed E-state index contributed by atoms with van der Waals surface area (Å²) in [6, 6.07) is 15.9. The van der Waals surface area contributed by atoms with Gasteiger partial charge in [0.25, 0.3) is 5.91 Å². The van der Waals surface area contributed by atoms with Crippen molar-refractivity contribution in [2.75, 3.05) is 11.9 Å². The molecule has 36 heavy (non-hydrogen) atoms. The van der Waals surface area contributed by atoms with Crippen molar-refractivity contribution in [1.82, 2.24) is 10.2 Å². The first kappa shape index (κ1) is 26.4. The van der Waals surface area contributed by atoms with Gasteiger partial charge in [-0.2, -0.15) is 0 Å². The second-order valence-corrected chi connectivity index (χ2v) is 10.4. The molecule has 0 spiro atoms. The van der Waals surface area contributed by atoms with Gasteiger partial charge in [-0.15, -0.1) is 0 Å². The predicted molar refractivity (Wildman–Crippen MR) is 151 cm³/mol. The highest BCUT2D eigenvalue weighted by molar-refractivity contribution is 14.1. The topological polar surface area (TPSA) is 87.7 Å². The van der Waals surface area contributed by atoms with Crippen molar-refractivity contribution in [1.29, 1.82) is 0 Å². The molecule has 4 amide bonds. The minimum absolute atomic E-state index is 0.0279. The van der Waals surface area contributed by atoms with E-state index in [1.54, 1.807) is 18.2 Å². The van der Waals surface area contributed by atoms with Gasteiger partial charge in [0.2, 0.25) is 5.91 Å². The number of rotatable bonds is 7. The van der Waals surface area contributed by atoms with E-state index in [0.717, 1.165) is 17.6 Å². The lowest BCUT2D eigenvalue weighted by atomic mass is 10.2. The molecule has 0 aliphatic carbocycles. The van der Waals surface area contributed by atoms with Crippen LogP contribution in [0.5, 0.6) is 5.75 Å². The number of hydrogen-bond donors (Lipinski definition) is 2. The standard InChI is InChI=1S/C25H17ClFI2N3O4/c26-16-7-5-14(6-8-16)13-36-23-18(28)9-15(10-19(23)29)11-21-24(34)32(25(35)31-21)12-22(33)30-20-4-2-1-3-17(20)27/h1-11H,12-13H2,(H,30,33)(H,31,35)/b21-11+. The number of halogens is 4. The minimum Gasteiger partial charge on any atom is -0.487 e. The number of nitrogens with zero attached hydrogens (tertiary/aromatic N) is 1. The SMILES string of the molecule is O=C(CN1C(=O)N/C(=C/c2cc(I)c(OCc3ccc(Cl)cc3)c(I)c2)C1=O)Nc1ccccc1F. The van der Waals surface area contributed by atoms with Gasteiger partial charge in [0.15, 0.2) is 0 Å². The van der Waals surface area contributed by atoms with Gasteiger partial charge in [-0.3, -0.25) is 9.59 Å². The van der Waals surface area contributed by atoms with E-state index in [2.05, 4.69) is 55.8 Å². The molecule has 1 aliphatic rings. The number of imide groups is 1. The van der Waals surface area contributed by atoms with Crippen LogP contribution in [0.3, 0.4) is 0 Å². The number of amides is 4. The maximum atomic E-state index is 13.8. The Morgan fingerprint density at radius 1 is 1.08 bits per heavy atom. The Kier molecular flexibility index (Phi) is 8.46. The number of carbonyl (C=O) groups is 3. The van der Waals surface area contributed by atoms with Crippen LogP contribution < -0.4 is 15.4 Å². The maximum absolute atomic E-state index is 13.8. The quantitative estimate of drug-likeness (QED) is 0.183. The van der Waals surface area contributed by atoms with Crippen LogP contribution in [0.2, 0.25) is 5.02 Å². The fraction of sp³-hybridized carbons (Fsp3) is 0.0800. The Morgan fingerprint density at radius 3 is 2.42 bits per heavy atom. The van der Waals surface area contributed by atoms with Crippen LogP contribution in [-0.4, -0.2) is 29.3 Å². The van der Waals surface area contributed by atoms with Gasteiger partial charge in [0.05, 0.1) is 12.8 Å². The third-order valence-electron chi connectivity index (χ3n) is 5.04. The summed E-state index contributed by atoms with van der Waals surface area (Å²) in [7, 11) is 0. The number of nitrogens with one attached hydrogen (secondary N) is 2. The smallest absolute Gasteiger partial charge is 0.329 e. The van der Waals surface area contributed by atoms with Crippen LogP contribution in [0, 0.1) is 13.0 Å². The molecule has 0 bridgehead atoms. The lowest BCUT2D eigenvalue weighted by Gasteiger charge is -2.12. The molecular formula is C25H17ClFI2N3O4. The monoisotopic (exact) mass is 731 g/mol. The summed E-state index contributed by atoms with van der Waals surface area (Å²) in [4.78, 5) is 38.2. The Balaban J connectivity index is 1.44. The summed E-state index contributed by atoms with van der Waals surface area (Å²) < 4.78 is 21.4. The highest BCUT2D eigenvalue weighted by Gasteiger charge is 2.35. The van der Waals surface area contributed by atoms with Crippen LogP contribution in [0.25, 0.3) is 6.08 Å². The molecule has 0 saturated carbocycles. The molecule has 7 nitrogen and oxygen atoms in total. The average Bonchev–Trinajstić information content (AvgIpc) is 3.08. The van der Waals surface area contributed by atoms with Crippen LogP contribution in [0.15, 0.2) is 66.4 Å². The van der Waals surface area contributed by atoms with Crippen LogP contribution in [0.1, 0.15) is 11.1 Å². The number of ether oxygens (including phenoxy) is 1. The van der Waals surface area contributed by atoms with E-state index < -0.39 is 30.2 Å². The van der Waals surface area contributed by atoms with Crippen molar-refractivity contribution in [2.45, 2.75) is 6.61 Å². The molecule has 0 atom stereocenters. The number of anilines is 1. The first-order valence-electron chi connectivity index (χ1n) is 10.5. The van der Waals surface area contributed by atoms with E-state index in [9.17, 15) is 18.8 Å². The third kappa shape index (κ3) is 6.34. The first-order valence-corrected chi connectivity index (χ1v) is 13.0. The van der Waals surface area contributed by atoms with Crippen molar-refractivity contribution in [3.63, 3.8) is 0 Å². The molecule has 0 aromatic heterocycles. The number of para-hydroxylation sites is 1. The van der Waals surface area contributed by atoms with Gasteiger partial charge in [0, 0.05) is 5.02 Å². The second-order valence-electron chi connectivity index (χ2n) is 7.64. The zero-order valence-electron chi connectivity index (χ0n) is 18.4. The largest absolute Gasteiger partial charge is 0.487 e. The van der Waals surface area contributed by atoms with Crippen molar-refractivity contribution >= 4 is 86.4 Å². The van der Waals surface area contributed by atoms with Crippen LogP contribution in [0.4, 0.5) is 14.9 Å². The normalized spacial score (nSPS) is 14.2. The second kappa shape index (κ2) is 11.6. The van der Waals surface area contributed by atoms with Crippen LogP contribution >= 0.6 is 56.8 Å². The van der Waals surface area contributed by atoms with Gasteiger partial charge >= 0.3 is 6.03 Å². The number of benzene rings is 3. The van der Waals surface area contributed by atoms with Gasteiger partial charge in [-0.05, 0) is 98.8 Å². The van der Waals surface area contributed by atoms with Gasteiger partial charge in [-0.25, -0.2) is 14.1 Å². The molecule has 184 valence electrons. The average molecular weight is 732 g/mol. The zero-order chi connectivity index (χ0) is 25.8. The fourth-order valence-electron chi connectivity index (χ4n) is 3.31. The molecular weight excluding hydrogens is 715 g/mol. The summed E-state index contributed by atoms with van der Waals surface area (Å²) in [5.41, 5.74) is 1.63. The van der Waals surface area contributed by atoms with Crippen molar-refractivity contribution < 1.29 is 23.5 Å². The third-order valence-corrected chi connectivity index (χ3v) is 6.89. The number of carbonyl (C=O) groups excluding carboxylic acids is 3. The summed E-state index contributed by atoms with van der Waals surface area (Å²) in [6.45, 7) is -0.190. The molecule has 0 unspecified atom stereocenters. The molecule has 3 aromatic rings. The Bertz CT molecular complexity index is 1360. The molecule has 11 heteroatoms. The van der Waals surface area contributed by atoms with Crippen molar-refractivity contribution in [3.05, 3.63) is 95.5 Å². The summed E-state index contributed by atoms with van der Waals surface area (Å²) >= 11 is 10.2. The van der Waals surface area contributed by atoms with E-state index in [1.165, 1.54) is 24.3 Å². The number of hydrogen-bond acceptors (Lipinski definition) is 4. The molecule has 0 radical (unpaired) electrons. The lowest BCUT2D eigenvalue weighted by molar-refractivity contribution is -0.127. The Labute approximate surface area is 238 Å². The van der Waals surface area contributed by atoms with Crippen molar-refractivity contribution in [3.8, 4) is 5.75 Å². The molecule has 4 rings (SSSR count).